The Hall–Kier alpha value is -3.53. The number of halogens is 1. The Bertz CT molecular complexity index is 1230. The summed E-state index contributed by atoms with van der Waals surface area (Å²) >= 11 is 5.78. The van der Waals surface area contributed by atoms with E-state index in [1.807, 2.05) is 13.8 Å². The maximum atomic E-state index is 12.8. The van der Waals surface area contributed by atoms with E-state index >= 15 is 0 Å². The number of nitro benzene ring substituents is 1. The van der Waals surface area contributed by atoms with E-state index in [9.17, 15) is 19.7 Å². The maximum absolute atomic E-state index is 12.8. The number of benzene rings is 1. The molecule has 1 saturated carbocycles. The third-order valence-corrected chi connectivity index (χ3v) is 5.29. The van der Waals surface area contributed by atoms with Crippen molar-refractivity contribution in [3.8, 4) is 0 Å². The van der Waals surface area contributed by atoms with E-state index in [4.69, 9.17) is 16.3 Å². The van der Waals surface area contributed by atoms with Gasteiger partial charge in [0.15, 0.2) is 12.3 Å². The lowest BCUT2D eigenvalue weighted by atomic mass is 10.1. The predicted octanol–water partition coefficient (Wildman–Crippen LogP) is 4.25. The number of nitro groups is 1. The molecule has 2 heterocycles. The van der Waals surface area contributed by atoms with Crippen molar-refractivity contribution >= 4 is 45.9 Å². The van der Waals surface area contributed by atoms with Gasteiger partial charge < -0.3 is 10.1 Å². The number of hydrogen-bond donors (Lipinski definition) is 1. The van der Waals surface area contributed by atoms with Crippen LogP contribution in [0.15, 0.2) is 30.5 Å². The van der Waals surface area contributed by atoms with Crippen LogP contribution in [0, 0.1) is 10.1 Å². The zero-order valence-corrected chi connectivity index (χ0v) is 18.1. The average molecular weight is 458 g/mol. The Morgan fingerprint density at radius 3 is 2.75 bits per heavy atom. The lowest BCUT2D eigenvalue weighted by Crippen LogP contribution is -2.21. The minimum absolute atomic E-state index is 0.0408. The molecule has 0 unspecified atom stereocenters. The molecule has 11 heteroatoms. The zero-order valence-electron chi connectivity index (χ0n) is 17.4. The van der Waals surface area contributed by atoms with Gasteiger partial charge in [0.05, 0.1) is 22.1 Å². The number of pyridine rings is 1. The Labute approximate surface area is 187 Å². The zero-order chi connectivity index (χ0) is 23.0. The van der Waals surface area contributed by atoms with Gasteiger partial charge in [0.1, 0.15) is 5.69 Å². The third kappa shape index (κ3) is 4.40. The molecule has 0 aliphatic heterocycles. The Morgan fingerprint density at radius 1 is 1.34 bits per heavy atom. The second-order valence-electron chi connectivity index (χ2n) is 7.83. The topological polar surface area (TPSA) is 129 Å². The van der Waals surface area contributed by atoms with Crippen LogP contribution in [-0.4, -0.2) is 38.2 Å². The van der Waals surface area contributed by atoms with Crippen LogP contribution in [0.1, 0.15) is 54.7 Å². The third-order valence-electron chi connectivity index (χ3n) is 5.06. The average Bonchev–Trinajstić information content (AvgIpc) is 3.51. The van der Waals surface area contributed by atoms with Crippen LogP contribution in [0.3, 0.4) is 0 Å². The van der Waals surface area contributed by atoms with Gasteiger partial charge in [-0.15, -0.1) is 0 Å². The smallest absolute Gasteiger partial charge is 0.339 e. The normalized spacial score (nSPS) is 13.4. The van der Waals surface area contributed by atoms with Crippen LogP contribution < -0.4 is 5.32 Å². The number of nitrogens with zero attached hydrogens (tertiary/aromatic N) is 4. The number of nitrogens with one attached hydrogen (secondary N) is 1. The largest absolute Gasteiger partial charge is 0.452 e. The van der Waals surface area contributed by atoms with Crippen LogP contribution in [0.4, 0.5) is 11.4 Å². The highest BCUT2D eigenvalue weighted by Crippen LogP contribution is 2.40. The molecule has 4 rings (SSSR count). The van der Waals surface area contributed by atoms with Gasteiger partial charge in [0, 0.05) is 28.7 Å². The molecule has 1 fully saturated rings. The van der Waals surface area contributed by atoms with Crippen LogP contribution in [0.5, 0.6) is 0 Å². The fraction of sp³-hybridized carbons (Fsp3) is 0.333. The molecule has 1 amide bonds. The number of anilines is 1. The maximum Gasteiger partial charge on any atom is 0.339 e. The molecule has 1 aromatic carbocycles. The number of amides is 1. The van der Waals surface area contributed by atoms with Crippen molar-refractivity contribution in [2.45, 2.75) is 38.6 Å². The lowest BCUT2D eigenvalue weighted by molar-refractivity contribution is -0.383. The summed E-state index contributed by atoms with van der Waals surface area (Å²) in [5, 5.41) is 18.6. The quantitative estimate of drug-likeness (QED) is 0.319. The van der Waals surface area contributed by atoms with Crippen LogP contribution in [0.2, 0.25) is 5.02 Å². The summed E-state index contributed by atoms with van der Waals surface area (Å²) in [6, 6.07) is 5.60. The molecule has 0 bridgehead atoms. The summed E-state index contributed by atoms with van der Waals surface area (Å²) in [6.45, 7) is 3.33. The number of carbonyl (C=O) groups excluding carboxylic acids is 2. The van der Waals surface area contributed by atoms with Crippen molar-refractivity contribution in [2.24, 2.45) is 0 Å². The fourth-order valence-corrected chi connectivity index (χ4v) is 3.50. The molecule has 0 atom stereocenters. The molecule has 0 radical (unpaired) electrons. The van der Waals surface area contributed by atoms with E-state index < -0.39 is 23.4 Å². The van der Waals surface area contributed by atoms with Gasteiger partial charge in [0.25, 0.3) is 11.6 Å². The highest BCUT2D eigenvalue weighted by Gasteiger charge is 2.29. The van der Waals surface area contributed by atoms with E-state index in [0.29, 0.717) is 17.0 Å². The first kappa shape index (κ1) is 21.7. The standard InChI is InChI=1S/C21H20ClN5O5/c1-11(2)26-20-15(9-23-26)14(8-17(25-20)12-3-4-12)21(29)32-10-19(28)24-16-6-5-13(22)7-18(16)27(30)31/h5-9,11-12H,3-4,10H2,1-2H3,(H,24,28). The summed E-state index contributed by atoms with van der Waals surface area (Å²) < 4.78 is 6.95. The van der Waals surface area contributed by atoms with Crippen molar-refractivity contribution in [3.63, 3.8) is 0 Å². The molecule has 0 saturated heterocycles. The molecule has 1 N–H and O–H groups in total. The monoisotopic (exact) mass is 457 g/mol. The summed E-state index contributed by atoms with van der Waals surface area (Å²) in [5.41, 5.74) is 1.28. The van der Waals surface area contributed by atoms with Gasteiger partial charge in [-0.3, -0.25) is 14.9 Å². The Morgan fingerprint density at radius 2 is 2.09 bits per heavy atom. The predicted molar refractivity (Wildman–Crippen MR) is 117 cm³/mol. The van der Waals surface area contributed by atoms with Gasteiger partial charge in [-0.25, -0.2) is 14.5 Å². The number of aromatic nitrogens is 3. The number of ether oxygens (including phenoxy) is 1. The lowest BCUT2D eigenvalue weighted by Gasteiger charge is -2.10. The first-order valence-corrected chi connectivity index (χ1v) is 10.4. The van der Waals surface area contributed by atoms with Crippen molar-refractivity contribution in [1.82, 2.24) is 14.8 Å². The van der Waals surface area contributed by atoms with E-state index in [-0.39, 0.29) is 28.0 Å². The minimum atomic E-state index is -0.714. The summed E-state index contributed by atoms with van der Waals surface area (Å²) in [5.74, 6) is -1.10. The highest BCUT2D eigenvalue weighted by molar-refractivity contribution is 6.31. The number of hydrogen-bond acceptors (Lipinski definition) is 7. The van der Waals surface area contributed by atoms with Crippen molar-refractivity contribution in [3.05, 3.63) is 56.9 Å². The van der Waals surface area contributed by atoms with Gasteiger partial charge in [0.2, 0.25) is 0 Å². The number of rotatable bonds is 7. The number of fused-ring (bicyclic) bond motifs is 1. The van der Waals surface area contributed by atoms with Crippen molar-refractivity contribution in [1.29, 1.82) is 0 Å². The second-order valence-corrected chi connectivity index (χ2v) is 8.27. The number of carbonyl (C=O) groups is 2. The SMILES string of the molecule is CC(C)n1ncc2c(C(=O)OCC(=O)Nc3ccc(Cl)cc3[N+](=O)[O-])cc(C3CC3)nc21. The molecule has 166 valence electrons. The molecule has 1 aliphatic rings. The van der Waals surface area contributed by atoms with E-state index in [1.54, 1.807) is 16.9 Å². The van der Waals surface area contributed by atoms with Crippen molar-refractivity contribution in [2.75, 3.05) is 11.9 Å². The van der Waals surface area contributed by atoms with Crippen LogP contribution >= 0.6 is 11.6 Å². The van der Waals surface area contributed by atoms with Gasteiger partial charge in [-0.2, -0.15) is 5.10 Å². The second kappa shape index (κ2) is 8.54. The number of esters is 1. The van der Waals surface area contributed by atoms with Gasteiger partial charge in [-0.1, -0.05) is 11.6 Å². The molecule has 10 nitrogen and oxygen atoms in total. The molecular weight excluding hydrogens is 438 g/mol. The Kier molecular flexibility index (Phi) is 5.79. The summed E-state index contributed by atoms with van der Waals surface area (Å²) in [4.78, 5) is 40.3. The molecule has 32 heavy (non-hydrogen) atoms. The van der Waals surface area contributed by atoms with Crippen LogP contribution in [0.25, 0.3) is 11.0 Å². The van der Waals surface area contributed by atoms with E-state index in [1.165, 1.54) is 12.1 Å². The van der Waals surface area contributed by atoms with E-state index in [0.717, 1.165) is 24.6 Å². The van der Waals surface area contributed by atoms with Gasteiger partial charge >= 0.3 is 5.97 Å². The summed E-state index contributed by atoms with van der Waals surface area (Å²) in [7, 11) is 0. The Balaban J connectivity index is 1.52. The molecular formula is C21H20ClN5O5. The molecule has 3 aromatic rings. The molecule has 1 aliphatic carbocycles. The molecule has 0 spiro atoms. The van der Waals surface area contributed by atoms with E-state index in [2.05, 4.69) is 15.4 Å². The first-order valence-electron chi connectivity index (χ1n) is 10.0. The fourth-order valence-electron chi connectivity index (χ4n) is 3.33. The summed E-state index contributed by atoms with van der Waals surface area (Å²) in [6.07, 6.45) is 3.57. The van der Waals surface area contributed by atoms with Gasteiger partial charge in [-0.05, 0) is 44.9 Å². The first-order chi connectivity index (χ1) is 15.2. The minimum Gasteiger partial charge on any atom is -0.452 e. The highest BCUT2D eigenvalue weighted by atomic mass is 35.5. The van der Waals surface area contributed by atoms with Crippen molar-refractivity contribution < 1.29 is 19.2 Å². The van der Waals surface area contributed by atoms with Crippen LogP contribution in [-0.2, 0) is 9.53 Å². The molecule has 2 aromatic heterocycles.